The zero-order valence-corrected chi connectivity index (χ0v) is 40.6. The molecule has 4 saturated carbocycles. The van der Waals surface area contributed by atoms with Crippen molar-refractivity contribution in [3.8, 4) is 0 Å². The Morgan fingerprint density at radius 2 is 1.23 bits per heavy atom. The van der Waals surface area contributed by atoms with Crippen LogP contribution < -0.4 is 0 Å². The van der Waals surface area contributed by atoms with Gasteiger partial charge in [-0.3, -0.25) is 0 Å². The molecule has 7 fully saturated rings. The Bertz CT molecular complexity index is 1760. The van der Waals surface area contributed by atoms with Crippen molar-refractivity contribution in [1.82, 2.24) is 0 Å². The normalized spacial score (nSPS) is 55.7. The van der Waals surface area contributed by atoms with E-state index >= 15 is 0 Å². The van der Waals surface area contributed by atoms with Gasteiger partial charge in [0.15, 0.2) is 18.9 Å². The van der Waals surface area contributed by atoms with Crippen molar-refractivity contribution in [2.75, 3.05) is 20.3 Å². The lowest BCUT2D eigenvalue weighted by molar-refractivity contribution is -0.396. The van der Waals surface area contributed by atoms with Crippen molar-refractivity contribution < 1.29 is 84.2 Å². The summed E-state index contributed by atoms with van der Waals surface area (Å²) in [6.07, 6.45) is -15.1. The smallest absolute Gasteiger partial charge is 0.187 e. The first-order valence-corrected chi connectivity index (χ1v) is 24.6. The molecule has 3 aliphatic heterocycles. The summed E-state index contributed by atoms with van der Waals surface area (Å²) in [4.78, 5) is 0. The van der Waals surface area contributed by atoms with Gasteiger partial charge in [-0.25, -0.2) is 0 Å². The van der Waals surface area contributed by atoms with Crippen LogP contribution >= 0.6 is 0 Å². The first kappa shape index (κ1) is 51.4. The first-order chi connectivity index (χ1) is 30.8. The van der Waals surface area contributed by atoms with Gasteiger partial charge >= 0.3 is 0 Å². The molecule has 3 heterocycles. The predicted octanol–water partition coefficient (Wildman–Crippen LogP) is 1.26. The number of aliphatic hydroxyl groups excluding tert-OH is 10. The molecule has 5 aliphatic carbocycles. The van der Waals surface area contributed by atoms with Gasteiger partial charge in [0, 0.05) is 18.4 Å². The Morgan fingerprint density at radius 1 is 0.636 bits per heavy atom. The summed E-state index contributed by atoms with van der Waals surface area (Å²) in [5.74, 6) is 0.227. The Labute approximate surface area is 389 Å². The van der Waals surface area contributed by atoms with Gasteiger partial charge in [-0.2, -0.15) is 0 Å². The molecule has 3 saturated heterocycles. The first-order valence-electron chi connectivity index (χ1n) is 24.6. The average Bonchev–Trinajstić information content (AvgIpc) is 3.25. The van der Waals surface area contributed by atoms with Crippen molar-refractivity contribution in [1.29, 1.82) is 0 Å². The monoisotopic (exact) mass is 943 g/mol. The maximum absolute atomic E-state index is 12.2. The lowest BCUT2D eigenvalue weighted by Gasteiger charge is -2.73. The van der Waals surface area contributed by atoms with Crippen molar-refractivity contribution in [3.05, 3.63) is 11.6 Å². The molecule has 0 aromatic carbocycles. The van der Waals surface area contributed by atoms with E-state index in [1.165, 1.54) is 12.5 Å². The molecule has 66 heavy (non-hydrogen) atoms. The highest BCUT2D eigenvalue weighted by Crippen LogP contribution is 2.76. The maximum Gasteiger partial charge on any atom is 0.187 e. The molecule has 8 rings (SSSR count). The molecular formula is C49H82O17. The van der Waals surface area contributed by atoms with Crippen molar-refractivity contribution in [2.24, 2.45) is 50.2 Å². The fourth-order valence-corrected chi connectivity index (χ4v) is 15.4. The van der Waals surface area contributed by atoms with Gasteiger partial charge in [0.25, 0.3) is 0 Å². The van der Waals surface area contributed by atoms with Gasteiger partial charge in [-0.1, -0.05) is 60.1 Å². The summed E-state index contributed by atoms with van der Waals surface area (Å²) in [5.41, 5.74) is -0.515. The molecule has 380 valence electrons. The fraction of sp³-hybridized carbons (Fsp3) is 0.959. The summed E-state index contributed by atoms with van der Waals surface area (Å²) in [6, 6.07) is 0. The molecular weight excluding hydrogens is 861 g/mol. The van der Waals surface area contributed by atoms with Crippen LogP contribution in [-0.4, -0.2) is 182 Å². The van der Waals surface area contributed by atoms with Crippen molar-refractivity contribution in [3.63, 3.8) is 0 Å². The number of methoxy groups -OCH3 is 1. The second kappa shape index (κ2) is 18.0. The Kier molecular flexibility index (Phi) is 14.0. The van der Waals surface area contributed by atoms with Crippen LogP contribution in [0.3, 0.4) is 0 Å². The van der Waals surface area contributed by atoms with E-state index in [0.717, 1.165) is 38.5 Å². The van der Waals surface area contributed by atoms with Gasteiger partial charge in [-0.05, 0) is 104 Å². The van der Waals surface area contributed by atoms with Crippen molar-refractivity contribution in [2.45, 2.75) is 224 Å². The summed E-state index contributed by atoms with van der Waals surface area (Å²) in [5, 5.41) is 110. The molecule has 17 heteroatoms. The Balaban J connectivity index is 1.07. The molecule has 0 spiro atoms. The average molecular weight is 943 g/mol. The Hall–Kier alpha value is -0.940. The molecule has 1 unspecified atom stereocenters. The summed E-state index contributed by atoms with van der Waals surface area (Å²) in [6.45, 7) is 18.5. The number of aliphatic hydroxyl groups is 10. The lowest BCUT2D eigenvalue weighted by atomic mass is 9.33. The number of allylic oxidation sites excluding steroid dienone is 1. The fourth-order valence-electron chi connectivity index (χ4n) is 15.4. The molecule has 0 bridgehead atoms. The molecule has 25 atom stereocenters. The Morgan fingerprint density at radius 3 is 1.85 bits per heavy atom. The van der Waals surface area contributed by atoms with Crippen LogP contribution in [-0.2, 0) is 33.2 Å². The highest BCUT2D eigenvalue weighted by atomic mass is 16.8. The van der Waals surface area contributed by atoms with Gasteiger partial charge in [0.1, 0.15) is 61.0 Å². The molecule has 17 nitrogen and oxygen atoms in total. The van der Waals surface area contributed by atoms with E-state index in [1.807, 2.05) is 0 Å². The van der Waals surface area contributed by atoms with E-state index < -0.39 is 122 Å². The molecule has 0 aromatic heterocycles. The van der Waals surface area contributed by atoms with Crippen LogP contribution in [0.15, 0.2) is 11.6 Å². The SMILES string of the molecule is COC1C=C2[C@@H]3CC(C)(C)CC[C@]3(CO)[C@H](O)C[C@@]2(C)[C@]2(C)CC[C@H]3C(C)(C)[C@@H](O[C@@H]4O[C@H](C)[C@H](O)[C@H](O)[C@H]4O[C@@H]4O[C@H](CO)[C@@H](O)[C@H](O)[C@H]4O[C@@H]4O[C@@H](C)[C@H](O)[C@@H](O)[C@H]4O)CC[C@]3(C)[C@@H]12. The van der Waals surface area contributed by atoms with E-state index in [0.29, 0.717) is 12.8 Å². The molecule has 0 amide bonds. The minimum absolute atomic E-state index is 0.0324. The van der Waals surface area contributed by atoms with Crippen molar-refractivity contribution >= 4 is 0 Å². The number of rotatable bonds is 9. The standard InChI is InChI=1S/C49H82O17/c1-22-31(53)34(56)37(59)41(61-22)65-39-36(58)33(55)27(20-50)63-43(39)66-38-35(57)32(54)23(2)62-42(38)64-30-12-13-46(7)28(45(30,5)6)11-14-47(8)40(46)26(60-10)17-24-25-18-44(3,4)15-16-49(25,21-51)29(52)19-48(24,47)9/h17,22-23,25-43,50-59H,11-16,18-21H2,1-10H3/t22-,23+,25-,26?,27+,28-,29+,30-,31-,32-,33+,34+,35-,36-,37+,38+,39+,40+,41-,42-,43-,46-,47+,48+,49+/m0/s1. The molecule has 8 aliphatic rings. The van der Waals surface area contributed by atoms with Gasteiger partial charge in [-0.15, -0.1) is 0 Å². The largest absolute Gasteiger partial charge is 0.396 e. The summed E-state index contributed by atoms with van der Waals surface area (Å²) < 4.78 is 43.7. The number of fused-ring (bicyclic) bond motifs is 7. The summed E-state index contributed by atoms with van der Waals surface area (Å²) >= 11 is 0. The van der Waals surface area contributed by atoms with Crippen LogP contribution in [0.1, 0.15) is 114 Å². The lowest BCUT2D eigenvalue weighted by Crippen LogP contribution is -2.70. The maximum atomic E-state index is 12.2. The highest BCUT2D eigenvalue weighted by Gasteiger charge is 2.72. The predicted molar refractivity (Wildman–Crippen MR) is 235 cm³/mol. The third-order valence-electron chi connectivity index (χ3n) is 19.6. The second-order valence-electron chi connectivity index (χ2n) is 23.9. The van der Waals surface area contributed by atoms with E-state index in [-0.39, 0.29) is 52.1 Å². The number of hydrogen-bond donors (Lipinski definition) is 10. The molecule has 0 aromatic rings. The quantitative estimate of drug-likeness (QED) is 0.115. The minimum atomic E-state index is -1.81. The van der Waals surface area contributed by atoms with Gasteiger partial charge in [0.05, 0.1) is 43.7 Å². The topological polar surface area (TPSA) is 267 Å². The van der Waals surface area contributed by atoms with Crippen LogP contribution in [0.4, 0.5) is 0 Å². The number of hydrogen-bond acceptors (Lipinski definition) is 17. The van der Waals surface area contributed by atoms with Gasteiger partial charge < -0.3 is 84.2 Å². The third-order valence-corrected chi connectivity index (χ3v) is 19.6. The number of ether oxygens (including phenoxy) is 7. The van der Waals surface area contributed by atoms with Crippen LogP contribution in [0.25, 0.3) is 0 Å². The highest BCUT2D eigenvalue weighted by molar-refractivity contribution is 5.37. The summed E-state index contributed by atoms with van der Waals surface area (Å²) in [7, 11) is 1.80. The van der Waals surface area contributed by atoms with E-state index in [4.69, 9.17) is 33.2 Å². The van der Waals surface area contributed by atoms with Gasteiger partial charge in [0.2, 0.25) is 0 Å². The molecule has 10 N–H and O–H groups in total. The third kappa shape index (κ3) is 7.84. The molecule has 0 radical (unpaired) electrons. The van der Waals surface area contributed by atoms with E-state index in [2.05, 4.69) is 54.5 Å². The zero-order valence-electron chi connectivity index (χ0n) is 40.6. The van der Waals surface area contributed by atoms with Crippen LogP contribution in [0.2, 0.25) is 0 Å². The zero-order chi connectivity index (χ0) is 48.4. The second-order valence-corrected chi connectivity index (χ2v) is 23.9. The van der Waals surface area contributed by atoms with E-state index in [9.17, 15) is 51.1 Å². The van der Waals surface area contributed by atoms with E-state index in [1.54, 1.807) is 14.0 Å². The van der Waals surface area contributed by atoms with Crippen LogP contribution in [0, 0.1) is 50.2 Å². The van der Waals surface area contributed by atoms with Crippen LogP contribution in [0.5, 0.6) is 0 Å². The minimum Gasteiger partial charge on any atom is -0.396 e.